The summed E-state index contributed by atoms with van der Waals surface area (Å²) in [4.78, 5) is 17.5. The Hall–Kier alpha value is -1.59. The van der Waals surface area contributed by atoms with Crippen LogP contribution in [0.5, 0.6) is 0 Å². The summed E-state index contributed by atoms with van der Waals surface area (Å²) in [5, 5.41) is 5.90. The minimum atomic E-state index is -0.322. The number of halogens is 3. The second-order valence-electron chi connectivity index (χ2n) is 4.95. The van der Waals surface area contributed by atoms with Gasteiger partial charge in [0.1, 0.15) is 10.3 Å². The van der Waals surface area contributed by atoms with Crippen molar-refractivity contribution >= 4 is 52.0 Å². The molecule has 0 aliphatic heterocycles. The smallest absolute Gasteiger partial charge is 0.255 e. The van der Waals surface area contributed by atoms with Crippen molar-refractivity contribution in [2.75, 3.05) is 0 Å². The number of carbonyl (C=O) groups is 1. The number of rotatable bonds is 4. The van der Waals surface area contributed by atoms with Gasteiger partial charge in [0.25, 0.3) is 5.91 Å². The number of nitrogens with zero attached hydrogens (tertiary/aromatic N) is 1. The van der Waals surface area contributed by atoms with Gasteiger partial charge in [-0.2, -0.15) is 0 Å². The van der Waals surface area contributed by atoms with E-state index in [0.717, 1.165) is 10.4 Å². The van der Waals surface area contributed by atoms with Crippen molar-refractivity contribution in [1.29, 1.82) is 0 Å². The summed E-state index contributed by atoms with van der Waals surface area (Å²) in [5.74, 6) is -0.322. The van der Waals surface area contributed by atoms with Gasteiger partial charge in [-0.3, -0.25) is 4.79 Å². The summed E-state index contributed by atoms with van der Waals surface area (Å²) >= 11 is 19.3. The maximum Gasteiger partial charge on any atom is 0.255 e. The van der Waals surface area contributed by atoms with Crippen LogP contribution in [0.2, 0.25) is 15.3 Å². The average Bonchev–Trinajstić information content (AvgIpc) is 3.07. The molecule has 0 bridgehead atoms. The second-order valence-corrected chi connectivity index (χ2v) is 7.11. The molecule has 3 nitrogen and oxygen atoms in total. The Balaban J connectivity index is 1.92. The largest absolute Gasteiger partial charge is 0.340 e. The number of benzene rings is 1. The van der Waals surface area contributed by atoms with Gasteiger partial charge in [-0.25, -0.2) is 4.98 Å². The number of thiophene rings is 1. The summed E-state index contributed by atoms with van der Waals surface area (Å²) in [6.07, 6.45) is 0. The molecule has 1 aromatic carbocycles. The highest BCUT2D eigenvalue weighted by molar-refractivity contribution is 7.10. The van der Waals surface area contributed by atoms with Crippen LogP contribution in [-0.4, -0.2) is 10.9 Å². The van der Waals surface area contributed by atoms with Gasteiger partial charge in [-0.1, -0.05) is 53.0 Å². The van der Waals surface area contributed by atoms with Crippen LogP contribution >= 0.6 is 46.1 Å². The highest BCUT2D eigenvalue weighted by Crippen LogP contribution is 2.28. The number of carbonyl (C=O) groups excluding carboxylic acids is 1. The highest BCUT2D eigenvalue weighted by Gasteiger charge is 2.20. The molecule has 3 aromatic rings. The molecule has 0 spiro atoms. The topological polar surface area (TPSA) is 42.0 Å². The molecule has 0 saturated carbocycles. The Morgan fingerprint density at radius 1 is 1.04 bits per heavy atom. The molecule has 0 aliphatic rings. The van der Waals surface area contributed by atoms with Gasteiger partial charge in [-0.15, -0.1) is 11.3 Å². The van der Waals surface area contributed by atoms with E-state index in [1.54, 1.807) is 29.5 Å². The predicted octanol–water partition coefficient (Wildman–Crippen LogP) is 5.62. The monoisotopic (exact) mass is 396 g/mol. The van der Waals surface area contributed by atoms with E-state index in [-0.39, 0.29) is 27.8 Å². The number of pyridine rings is 1. The van der Waals surface area contributed by atoms with Crippen molar-refractivity contribution in [3.05, 3.63) is 85.2 Å². The van der Waals surface area contributed by atoms with Crippen LogP contribution in [0.15, 0.2) is 53.9 Å². The van der Waals surface area contributed by atoms with Gasteiger partial charge in [-0.05, 0) is 41.3 Å². The molecule has 1 atom stereocenters. The number of amides is 1. The van der Waals surface area contributed by atoms with E-state index in [0.29, 0.717) is 5.02 Å². The standard InChI is InChI=1S/C17H11Cl3N2OS/c18-11-5-3-10(4-6-11)15(13-2-1-9-24-13)22-17(23)12-7-8-14(19)21-16(12)20/h1-9,15H,(H,22,23). The minimum absolute atomic E-state index is 0.0704. The third-order valence-corrected chi connectivity index (χ3v) is 5.05. The summed E-state index contributed by atoms with van der Waals surface area (Å²) in [7, 11) is 0. The van der Waals surface area contributed by atoms with Gasteiger partial charge >= 0.3 is 0 Å². The molecule has 1 unspecified atom stereocenters. The fourth-order valence-electron chi connectivity index (χ4n) is 2.22. The van der Waals surface area contributed by atoms with Crippen LogP contribution in [-0.2, 0) is 0 Å². The first-order valence-corrected chi connectivity index (χ1v) is 8.98. The molecule has 2 aromatic heterocycles. The van der Waals surface area contributed by atoms with Gasteiger partial charge in [0.05, 0.1) is 11.6 Å². The zero-order valence-corrected chi connectivity index (χ0v) is 15.3. The lowest BCUT2D eigenvalue weighted by molar-refractivity contribution is 0.0943. The molecule has 0 saturated heterocycles. The van der Waals surface area contributed by atoms with Crippen molar-refractivity contribution in [2.24, 2.45) is 0 Å². The van der Waals surface area contributed by atoms with Crippen LogP contribution in [0.3, 0.4) is 0 Å². The number of hydrogen-bond acceptors (Lipinski definition) is 3. The Morgan fingerprint density at radius 2 is 1.79 bits per heavy atom. The molecular formula is C17H11Cl3N2OS. The van der Waals surface area contributed by atoms with Crippen LogP contribution in [0.4, 0.5) is 0 Å². The highest BCUT2D eigenvalue weighted by atomic mass is 35.5. The van der Waals surface area contributed by atoms with Crippen molar-refractivity contribution in [3.8, 4) is 0 Å². The molecule has 2 heterocycles. The minimum Gasteiger partial charge on any atom is -0.340 e. The summed E-state index contributed by atoms with van der Waals surface area (Å²) < 4.78 is 0. The van der Waals surface area contributed by atoms with Crippen LogP contribution < -0.4 is 5.32 Å². The zero-order valence-electron chi connectivity index (χ0n) is 12.2. The molecule has 0 aliphatic carbocycles. The quantitative estimate of drug-likeness (QED) is 0.580. The second kappa shape index (κ2) is 7.53. The Morgan fingerprint density at radius 3 is 2.42 bits per heavy atom. The molecule has 1 N–H and O–H groups in total. The molecule has 0 radical (unpaired) electrons. The number of aromatic nitrogens is 1. The van der Waals surface area contributed by atoms with E-state index in [4.69, 9.17) is 34.8 Å². The third kappa shape index (κ3) is 3.90. The number of nitrogens with one attached hydrogen (secondary N) is 1. The van der Waals surface area contributed by atoms with E-state index < -0.39 is 0 Å². The van der Waals surface area contributed by atoms with Gasteiger partial charge in [0.15, 0.2) is 0 Å². The molecule has 7 heteroatoms. The predicted molar refractivity (Wildman–Crippen MR) is 99.3 cm³/mol. The van der Waals surface area contributed by atoms with Crippen molar-refractivity contribution in [3.63, 3.8) is 0 Å². The Labute approximate surface area is 158 Å². The normalized spacial score (nSPS) is 12.0. The van der Waals surface area contributed by atoms with E-state index in [1.807, 2.05) is 29.6 Å². The van der Waals surface area contributed by atoms with Gasteiger partial charge in [0, 0.05) is 9.90 Å². The SMILES string of the molecule is O=C(NC(c1ccc(Cl)cc1)c1cccs1)c1ccc(Cl)nc1Cl. The molecular weight excluding hydrogens is 387 g/mol. The lowest BCUT2D eigenvalue weighted by atomic mass is 10.0. The maximum atomic E-state index is 12.6. The lowest BCUT2D eigenvalue weighted by Crippen LogP contribution is -2.29. The van der Waals surface area contributed by atoms with Crippen molar-refractivity contribution < 1.29 is 4.79 Å². The van der Waals surface area contributed by atoms with Crippen LogP contribution in [0, 0.1) is 0 Å². The molecule has 24 heavy (non-hydrogen) atoms. The fourth-order valence-corrected chi connectivity index (χ4v) is 3.58. The van der Waals surface area contributed by atoms with Gasteiger partial charge in [0.2, 0.25) is 0 Å². The van der Waals surface area contributed by atoms with E-state index >= 15 is 0 Å². The van der Waals surface area contributed by atoms with E-state index in [1.165, 1.54) is 6.07 Å². The maximum absolute atomic E-state index is 12.6. The van der Waals surface area contributed by atoms with Crippen molar-refractivity contribution in [2.45, 2.75) is 6.04 Å². The van der Waals surface area contributed by atoms with Crippen molar-refractivity contribution in [1.82, 2.24) is 10.3 Å². The summed E-state index contributed by atoms with van der Waals surface area (Å²) in [6, 6.07) is 14.0. The third-order valence-electron chi connectivity index (χ3n) is 3.37. The van der Waals surface area contributed by atoms with Crippen LogP contribution in [0.25, 0.3) is 0 Å². The summed E-state index contributed by atoms with van der Waals surface area (Å²) in [5.41, 5.74) is 1.20. The number of hydrogen-bond donors (Lipinski definition) is 1. The fraction of sp³-hybridized carbons (Fsp3) is 0.0588. The van der Waals surface area contributed by atoms with E-state index in [2.05, 4.69) is 10.3 Å². The van der Waals surface area contributed by atoms with Crippen LogP contribution in [0.1, 0.15) is 26.8 Å². The first-order chi connectivity index (χ1) is 11.5. The van der Waals surface area contributed by atoms with E-state index in [9.17, 15) is 4.79 Å². The Bertz CT molecular complexity index is 851. The Kier molecular flexibility index (Phi) is 5.41. The average molecular weight is 398 g/mol. The first kappa shape index (κ1) is 17.2. The molecule has 3 rings (SSSR count). The summed E-state index contributed by atoms with van der Waals surface area (Å²) in [6.45, 7) is 0. The van der Waals surface area contributed by atoms with Gasteiger partial charge < -0.3 is 5.32 Å². The first-order valence-electron chi connectivity index (χ1n) is 6.96. The molecule has 1 amide bonds. The lowest BCUT2D eigenvalue weighted by Gasteiger charge is -2.18. The molecule has 0 fully saturated rings. The molecule has 122 valence electrons. The zero-order chi connectivity index (χ0) is 17.1.